The van der Waals surface area contributed by atoms with Crippen LogP contribution in [0.2, 0.25) is 0 Å². The molecule has 1 atom stereocenters. The summed E-state index contributed by atoms with van der Waals surface area (Å²) in [6.45, 7) is 5.43. The molecule has 0 saturated carbocycles. The summed E-state index contributed by atoms with van der Waals surface area (Å²) in [6.07, 6.45) is 65.1. The number of aliphatic hydroxyl groups is 1. The molecular formula is C55H110O4. The van der Waals surface area contributed by atoms with E-state index in [4.69, 9.17) is 9.47 Å². The minimum absolute atomic E-state index is 0.162. The van der Waals surface area contributed by atoms with Crippen molar-refractivity contribution in [3.05, 3.63) is 0 Å². The largest absolute Gasteiger partial charge is 0.457 e. The number of hydrogen-bond acceptors (Lipinski definition) is 4. The van der Waals surface area contributed by atoms with E-state index in [1.165, 1.54) is 283 Å². The molecule has 1 unspecified atom stereocenters. The van der Waals surface area contributed by atoms with E-state index in [1.54, 1.807) is 0 Å². The van der Waals surface area contributed by atoms with Crippen LogP contribution in [0.3, 0.4) is 0 Å². The highest BCUT2D eigenvalue weighted by molar-refractivity contribution is 5.69. The maximum atomic E-state index is 12.3. The summed E-state index contributed by atoms with van der Waals surface area (Å²) in [6, 6.07) is 0. The second-order valence-corrected chi connectivity index (χ2v) is 19.0. The van der Waals surface area contributed by atoms with Gasteiger partial charge in [-0.15, -0.1) is 0 Å². The number of hydrogen-bond donors (Lipinski definition) is 1. The van der Waals surface area contributed by atoms with Crippen molar-refractivity contribution in [3.8, 4) is 0 Å². The molecule has 0 aromatic heterocycles. The molecule has 0 aliphatic rings. The van der Waals surface area contributed by atoms with Crippen molar-refractivity contribution in [2.24, 2.45) is 0 Å². The maximum Gasteiger partial charge on any atom is 0.306 e. The number of ether oxygens (including phenoxy) is 2. The third-order valence-electron chi connectivity index (χ3n) is 12.9. The molecule has 0 amide bonds. The van der Waals surface area contributed by atoms with Crippen molar-refractivity contribution in [1.82, 2.24) is 0 Å². The molecule has 0 fully saturated rings. The molecule has 0 radical (unpaired) electrons. The molecule has 0 saturated heterocycles. The zero-order valence-corrected chi connectivity index (χ0v) is 40.8. The molecule has 354 valence electrons. The Bertz CT molecular complexity index is 755. The van der Waals surface area contributed by atoms with Gasteiger partial charge in [-0.3, -0.25) is 4.79 Å². The first-order valence-corrected chi connectivity index (χ1v) is 27.6. The van der Waals surface area contributed by atoms with Gasteiger partial charge in [0.15, 0.2) is 0 Å². The van der Waals surface area contributed by atoms with Crippen molar-refractivity contribution in [2.75, 3.05) is 19.8 Å². The van der Waals surface area contributed by atoms with Gasteiger partial charge < -0.3 is 14.6 Å². The standard InChI is InChI=1S/C55H110O4/c1-3-5-7-9-11-13-15-17-19-21-23-25-27-28-29-31-33-35-37-39-41-43-45-47-49-51-58-53-54(52-56)59-55(57)50-48-46-44-42-40-38-36-34-32-30-26-24-22-20-18-16-14-12-10-8-6-4-2/h54,56H,3-53H2,1-2H3. The van der Waals surface area contributed by atoms with Gasteiger partial charge in [0, 0.05) is 13.0 Å². The number of carbonyl (C=O) groups excluding carboxylic acids is 1. The topological polar surface area (TPSA) is 55.8 Å². The van der Waals surface area contributed by atoms with Gasteiger partial charge in [0.05, 0.1) is 13.2 Å². The fourth-order valence-corrected chi connectivity index (χ4v) is 8.80. The average Bonchev–Trinajstić information content (AvgIpc) is 3.24. The Morgan fingerprint density at radius 3 is 0.797 bits per heavy atom. The zero-order chi connectivity index (χ0) is 42.6. The summed E-state index contributed by atoms with van der Waals surface area (Å²) in [5.74, 6) is -0.189. The van der Waals surface area contributed by atoms with Crippen LogP contribution in [0.1, 0.15) is 322 Å². The van der Waals surface area contributed by atoms with Gasteiger partial charge in [0.25, 0.3) is 0 Å². The quantitative estimate of drug-likeness (QED) is 0.0490. The van der Waals surface area contributed by atoms with Gasteiger partial charge in [-0.2, -0.15) is 0 Å². The van der Waals surface area contributed by atoms with Gasteiger partial charge in [0.2, 0.25) is 0 Å². The van der Waals surface area contributed by atoms with Crippen LogP contribution in [-0.2, 0) is 14.3 Å². The first kappa shape index (κ1) is 58.4. The van der Waals surface area contributed by atoms with Crippen LogP contribution >= 0.6 is 0 Å². The molecule has 4 nitrogen and oxygen atoms in total. The van der Waals surface area contributed by atoms with E-state index in [1.807, 2.05) is 0 Å². The lowest BCUT2D eigenvalue weighted by Gasteiger charge is -2.16. The van der Waals surface area contributed by atoms with E-state index in [2.05, 4.69) is 13.8 Å². The summed E-state index contributed by atoms with van der Waals surface area (Å²) in [5.41, 5.74) is 0. The van der Waals surface area contributed by atoms with E-state index >= 15 is 0 Å². The predicted octanol–water partition coefficient (Wildman–Crippen LogP) is 18.7. The summed E-state index contributed by atoms with van der Waals surface area (Å²) >= 11 is 0. The highest BCUT2D eigenvalue weighted by Crippen LogP contribution is 2.18. The monoisotopic (exact) mass is 835 g/mol. The number of rotatable bonds is 53. The molecule has 0 aliphatic carbocycles. The van der Waals surface area contributed by atoms with Gasteiger partial charge in [0.1, 0.15) is 6.10 Å². The average molecular weight is 835 g/mol. The lowest BCUT2D eigenvalue weighted by molar-refractivity contribution is -0.154. The van der Waals surface area contributed by atoms with Crippen molar-refractivity contribution in [3.63, 3.8) is 0 Å². The zero-order valence-electron chi connectivity index (χ0n) is 40.8. The van der Waals surface area contributed by atoms with Crippen molar-refractivity contribution >= 4 is 5.97 Å². The first-order chi connectivity index (χ1) is 29.2. The van der Waals surface area contributed by atoms with Crippen molar-refractivity contribution < 1.29 is 19.4 Å². The van der Waals surface area contributed by atoms with E-state index in [-0.39, 0.29) is 12.6 Å². The summed E-state index contributed by atoms with van der Waals surface area (Å²) in [5, 5.41) is 9.67. The van der Waals surface area contributed by atoms with E-state index < -0.39 is 6.10 Å². The SMILES string of the molecule is CCCCCCCCCCCCCCCCCCCCCCCCCCCOCC(CO)OC(=O)CCCCCCCCCCCCCCCCCCCCCCCC. The highest BCUT2D eigenvalue weighted by atomic mass is 16.6. The number of aliphatic hydroxyl groups excluding tert-OH is 1. The molecular weight excluding hydrogens is 725 g/mol. The Hall–Kier alpha value is -0.610. The van der Waals surface area contributed by atoms with Gasteiger partial charge >= 0.3 is 5.97 Å². The molecule has 0 heterocycles. The van der Waals surface area contributed by atoms with Gasteiger partial charge in [-0.05, 0) is 12.8 Å². The molecule has 0 bridgehead atoms. The third kappa shape index (κ3) is 51.6. The maximum absolute atomic E-state index is 12.3. The Kier molecular flexibility index (Phi) is 53.0. The normalized spacial score (nSPS) is 12.1. The molecule has 0 aliphatic heterocycles. The van der Waals surface area contributed by atoms with Crippen LogP contribution in [0.5, 0.6) is 0 Å². The van der Waals surface area contributed by atoms with Crippen LogP contribution < -0.4 is 0 Å². The summed E-state index contributed by atoms with van der Waals surface area (Å²) in [7, 11) is 0. The van der Waals surface area contributed by atoms with Crippen molar-refractivity contribution in [2.45, 2.75) is 328 Å². The molecule has 59 heavy (non-hydrogen) atoms. The van der Waals surface area contributed by atoms with E-state index in [9.17, 15) is 9.90 Å². The Morgan fingerprint density at radius 1 is 0.339 bits per heavy atom. The lowest BCUT2D eigenvalue weighted by atomic mass is 10.0. The Labute approximate surface area is 372 Å². The predicted molar refractivity (Wildman–Crippen MR) is 261 cm³/mol. The number of esters is 1. The third-order valence-corrected chi connectivity index (χ3v) is 12.9. The number of unbranched alkanes of at least 4 members (excludes halogenated alkanes) is 45. The lowest BCUT2D eigenvalue weighted by Crippen LogP contribution is -2.27. The molecule has 0 spiro atoms. The Balaban J connectivity index is 3.31. The minimum Gasteiger partial charge on any atom is -0.457 e. The second-order valence-electron chi connectivity index (χ2n) is 19.0. The minimum atomic E-state index is -0.526. The number of carbonyl (C=O) groups is 1. The van der Waals surface area contributed by atoms with E-state index in [0.29, 0.717) is 19.6 Å². The summed E-state index contributed by atoms with van der Waals surface area (Å²) in [4.78, 5) is 12.3. The molecule has 0 aromatic carbocycles. The molecule has 1 N–H and O–H groups in total. The van der Waals surface area contributed by atoms with Gasteiger partial charge in [-0.25, -0.2) is 0 Å². The van der Waals surface area contributed by atoms with Crippen LogP contribution in [0.25, 0.3) is 0 Å². The fraction of sp³-hybridized carbons (Fsp3) is 0.982. The molecule has 4 heteroatoms. The molecule has 0 rings (SSSR count). The fourth-order valence-electron chi connectivity index (χ4n) is 8.80. The van der Waals surface area contributed by atoms with Gasteiger partial charge in [-0.1, -0.05) is 303 Å². The Morgan fingerprint density at radius 2 is 0.559 bits per heavy atom. The van der Waals surface area contributed by atoms with Crippen LogP contribution in [0, 0.1) is 0 Å². The van der Waals surface area contributed by atoms with E-state index in [0.717, 1.165) is 19.3 Å². The van der Waals surface area contributed by atoms with Crippen LogP contribution in [0.4, 0.5) is 0 Å². The first-order valence-electron chi connectivity index (χ1n) is 27.6. The highest BCUT2D eigenvalue weighted by Gasteiger charge is 2.13. The smallest absolute Gasteiger partial charge is 0.306 e. The van der Waals surface area contributed by atoms with Crippen LogP contribution in [0.15, 0.2) is 0 Å². The second kappa shape index (κ2) is 53.5. The van der Waals surface area contributed by atoms with Crippen LogP contribution in [-0.4, -0.2) is 37.0 Å². The van der Waals surface area contributed by atoms with Crippen molar-refractivity contribution in [1.29, 1.82) is 0 Å². The summed E-state index contributed by atoms with van der Waals surface area (Å²) < 4.78 is 11.2. The molecule has 0 aromatic rings.